The minimum Gasteiger partial charge on any atom is -0.396 e. The lowest BCUT2D eigenvalue weighted by molar-refractivity contribution is 0.250. The molecule has 1 atom stereocenters. The first-order valence-corrected chi connectivity index (χ1v) is 6.72. The molecule has 1 N–H and O–H groups in total. The molecule has 0 radical (unpaired) electrons. The number of aryl methyl sites for hydroxylation is 2. The van der Waals surface area contributed by atoms with E-state index >= 15 is 0 Å². The third-order valence-electron chi connectivity index (χ3n) is 1.95. The van der Waals surface area contributed by atoms with Crippen LogP contribution in [0.1, 0.15) is 22.5 Å². The third-order valence-corrected chi connectivity index (χ3v) is 4.50. The van der Waals surface area contributed by atoms with Gasteiger partial charge in [-0.2, -0.15) is 11.8 Å². The van der Waals surface area contributed by atoms with Crippen LogP contribution in [0.4, 0.5) is 0 Å². The molecule has 0 amide bonds. The van der Waals surface area contributed by atoms with Crippen LogP contribution in [0.2, 0.25) is 0 Å². The van der Waals surface area contributed by atoms with Crippen LogP contribution < -0.4 is 0 Å². The summed E-state index contributed by atoms with van der Waals surface area (Å²) >= 11 is 3.66. The van der Waals surface area contributed by atoms with E-state index in [4.69, 9.17) is 5.11 Å². The quantitative estimate of drug-likeness (QED) is 0.845. The van der Waals surface area contributed by atoms with Gasteiger partial charge < -0.3 is 5.11 Å². The lowest BCUT2D eigenvalue weighted by Crippen LogP contribution is -2.03. The summed E-state index contributed by atoms with van der Waals surface area (Å²) in [4.78, 5) is 5.76. The number of nitrogens with zero attached hydrogens (tertiary/aromatic N) is 1. The highest BCUT2D eigenvalue weighted by Gasteiger charge is 2.06. The Kier molecular flexibility index (Phi) is 4.92. The van der Waals surface area contributed by atoms with Crippen LogP contribution in [-0.4, -0.2) is 22.5 Å². The first-order valence-electron chi connectivity index (χ1n) is 4.75. The molecule has 14 heavy (non-hydrogen) atoms. The van der Waals surface area contributed by atoms with Gasteiger partial charge in [-0.1, -0.05) is 6.92 Å². The van der Waals surface area contributed by atoms with Gasteiger partial charge in [0.1, 0.15) is 0 Å². The SMILES string of the molecule is Cc1nc(C)c(CSC[C@H](C)CO)s1. The second-order valence-electron chi connectivity index (χ2n) is 3.54. The molecule has 80 valence electrons. The Bertz CT molecular complexity index is 286. The Morgan fingerprint density at radius 3 is 2.71 bits per heavy atom. The van der Waals surface area contributed by atoms with Crippen LogP contribution in [0.5, 0.6) is 0 Å². The highest BCUT2D eigenvalue weighted by molar-refractivity contribution is 7.98. The fourth-order valence-corrected chi connectivity index (χ4v) is 3.35. The van der Waals surface area contributed by atoms with Gasteiger partial charge in [-0.3, -0.25) is 0 Å². The predicted molar refractivity (Wildman–Crippen MR) is 64.0 cm³/mol. The number of rotatable bonds is 5. The largest absolute Gasteiger partial charge is 0.396 e. The summed E-state index contributed by atoms with van der Waals surface area (Å²) in [5, 5.41) is 10.0. The first kappa shape index (κ1) is 12.0. The minimum absolute atomic E-state index is 0.285. The third kappa shape index (κ3) is 3.59. The lowest BCUT2D eigenvalue weighted by atomic mass is 10.2. The number of hydrogen-bond donors (Lipinski definition) is 1. The van der Waals surface area contributed by atoms with Crippen LogP contribution in [0.25, 0.3) is 0 Å². The smallest absolute Gasteiger partial charge is 0.0900 e. The molecule has 0 fully saturated rings. The van der Waals surface area contributed by atoms with E-state index in [1.54, 1.807) is 11.3 Å². The highest BCUT2D eigenvalue weighted by atomic mass is 32.2. The topological polar surface area (TPSA) is 33.1 Å². The molecule has 0 unspecified atom stereocenters. The molecule has 1 rings (SSSR count). The Morgan fingerprint density at radius 1 is 1.50 bits per heavy atom. The van der Waals surface area contributed by atoms with E-state index in [1.165, 1.54) is 4.88 Å². The number of aliphatic hydroxyl groups excluding tert-OH is 1. The van der Waals surface area contributed by atoms with Crippen LogP contribution in [0.15, 0.2) is 0 Å². The van der Waals surface area contributed by atoms with E-state index < -0.39 is 0 Å². The second-order valence-corrected chi connectivity index (χ2v) is 5.86. The van der Waals surface area contributed by atoms with Gasteiger partial charge in [-0.25, -0.2) is 4.98 Å². The summed E-state index contributed by atoms with van der Waals surface area (Å²) in [6, 6.07) is 0. The molecule has 1 heterocycles. The Hall–Kier alpha value is -0.0600. The highest BCUT2D eigenvalue weighted by Crippen LogP contribution is 2.23. The van der Waals surface area contributed by atoms with Crippen molar-refractivity contribution >= 4 is 23.1 Å². The van der Waals surface area contributed by atoms with Gasteiger partial charge in [0.05, 0.1) is 10.7 Å². The molecule has 0 aromatic carbocycles. The average molecular weight is 231 g/mol. The van der Waals surface area contributed by atoms with Crippen molar-refractivity contribution < 1.29 is 5.11 Å². The molecular formula is C10H17NOS2. The molecule has 0 aliphatic carbocycles. The number of hydrogen-bond acceptors (Lipinski definition) is 4. The fraction of sp³-hybridized carbons (Fsp3) is 0.700. The average Bonchev–Trinajstić information content (AvgIpc) is 2.45. The van der Waals surface area contributed by atoms with Crippen molar-refractivity contribution in [1.29, 1.82) is 0 Å². The maximum absolute atomic E-state index is 8.87. The lowest BCUT2D eigenvalue weighted by Gasteiger charge is -2.05. The van der Waals surface area contributed by atoms with Gasteiger partial charge >= 0.3 is 0 Å². The normalized spacial score (nSPS) is 13.1. The van der Waals surface area contributed by atoms with Gasteiger partial charge in [0.15, 0.2) is 0 Å². The predicted octanol–water partition coefficient (Wildman–Crippen LogP) is 2.62. The van der Waals surface area contributed by atoms with Crippen molar-refractivity contribution in [1.82, 2.24) is 4.98 Å². The van der Waals surface area contributed by atoms with Crippen molar-refractivity contribution in [2.24, 2.45) is 5.92 Å². The molecular weight excluding hydrogens is 214 g/mol. The molecule has 4 heteroatoms. The van der Waals surface area contributed by atoms with Gasteiger partial charge in [0.2, 0.25) is 0 Å². The molecule has 1 aromatic rings. The number of thioether (sulfide) groups is 1. The van der Waals surface area contributed by atoms with Crippen LogP contribution in [0.3, 0.4) is 0 Å². The minimum atomic E-state index is 0.285. The first-order chi connectivity index (χ1) is 6.63. The summed E-state index contributed by atoms with van der Waals surface area (Å²) in [5.41, 5.74) is 1.16. The summed E-state index contributed by atoms with van der Waals surface area (Å²) < 4.78 is 0. The zero-order valence-corrected chi connectivity index (χ0v) is 10.5. The Balaban J connectivity index is 2.34. The molecule has 0 bridgehead atoms. The Morgan fingerprint density at radius 2 is 2.21 bits per heavy atom. The van der Waals surface area contributed by atoms with E-state index in [1.807, 2.05) is 18.7 Å². The maximum atomic E-state index is 8.87. The molecule has 2 nitrogen and oxygen atoms in total. The molecule has 1 aromatic heterocycles. The maximum Gasteiger partial charge on any atom is 0.0900 e. The second kappa shape index (κ2) is 5.73. The zero-order valence-electron chi connectivity index (χ0n) is 8.91. The summed E-state index contributed by atoms with van der Waals surface area (Å²) in [6.45, 7) is 6.46. The monoisotopic (exact) mass is 231 g/mol. The van der Waals surface area contributed by atoms with Crippen molar-refractivity contribution in [2.45, 2.75) is 26.5 Å². The van der Waals surface area contributed by atoms with E-state index in [0.29, 0.717) is 5.92 Å². The van der Waals surface area contributed by atoms with Crippen molar-refractivity contribution in [3.8, 4) is 0 Å². The molecule has 0 spiro atoms. The van der Waals surface area contributed by atoms with Gasteiger partial charge in [-0.15, -0.1) is 11.3 Å². The molecule has 0 aliphatic rings. The van der Waals surface area contributed by atoms with E-state index in [9.17, 15) is 0 Å². The van der Waals surface area contributed by atoms with E-state index in [2.05, 4.69) is 18.8 Å². The van der Waals surface area contributed by atoms with Gasteiger partial charge in [0, 0.05) is 17.2 Å². The van der Waals surface area contributed by atoms with Crippen LogP contribution in [0, 0.1) is 19.8 Å². The molecule has 0 saturated carbocycles. The Labute approximate surface area is 93.8 Å². The van der Waals surface area contributed by atoms with Crippen molar-refractivity contribution in [3.63, 3.8) is 0 Å². The molecule has 0 aliphatic heterocycles. The number of thiazole rings is 1. The fourth-order valence-electron chi connectivity index (χ4n) is 1.11. The standard InChI is InChI=1S/C10H17NOS2/c1-7(4-12)5-13-6-10-8(2)11-9(3)14-10/h7,12H,4-6H2,1-3H3/t7-/m1/s1. The van der Waals surface area contributed by atoms with E-state index in [0.717, 1.165) is 22.2 Å². The summed E-state index contributed by atoms with van der Waals surface area (Å²) in [6.07, 6.45) is 0. The zero-order chi connectivity index (χ0) is 10.6. The summed E-state index contributed by atoms with van der Waals surface area (Å²) in [7, 11) is 0. The molecule has 0 saturated heterocycles. The van der Waals surface area contributed by atoms with Crippen LogP contribution >= 0.6 is 23.1 Å². The summed E-state index contributed by atoms with van der Waals surface area (Å²) in [5.74, 6) is 2.45. The van der Waals surface area contributed by atoms with Crippen LogP contribution in [-0.2, 0) is 5.75 Å². The van der Waals surface area contributed by atoms with Gasteiger partial charge in [-0.05, 0) is 25.5 Å². The van der Waals surface area contributed by atoms with Crippen molar-refractivity contribution in [3.05, 3.63) is 15.6 Å². The van der Waals surface area contributed by atoms with Crippen molar-refractivity contribution in [2.75, 3.05) is 12.4 Å². The number of aliphatic hydroxyl groups is 1. The van der Waals surface area contributed by atoms with Gasteiger partial charge in [0.25, 0.3) is 0 Å². The van der Waals surface area contributed by atoms with E-state index in [-0.39, 0.29) is 6.61 Å². The number of aromatic nitrogens is 1.